The van der Waals surface area contributed by atoms with E-state index < -0.39 is 11.6 Å². The first-order valence-corrected chi connectivity index (χ1v) is 6.71. The van der Waals surface area contributed by atoms with E-state index in [0.29, 0.717) is 12.0 Å². The Labute approximate surface area is 114 Å². The lowest BCUT2D eigenvalue weighted by molar-refractivity contribution is 0.137. The predicted octanol–water partition coefficient (Wildman–Crippen LogP) is 4.49. The Balaban J connectivity index is 2.96. The van der Waals surface area contributed by atoms with Crippen LogP contribution >= 0.6 is 0 Å². The van der Waals surface area contributed by atoms with Gasteiger partial charge in [0, 0.05) is 17.9 Å². The maximum atomic E-state index is 15.0. The molecule has 0 fully saturated rings. The molecule has 0 amide bonds. The van der Waals surface area contributed by atoms with E-state index in [9.17, 15) is 5.26 Å². The van der Waals surface area contributed by atoms with Crippen molar-refractivity contribution >= 4 is 0 Å². The fraction of sp³-hybridized carbons (Fsp3) is 0.500. The molecule has 19 heavy (non-hydrogen) atoms. The molecule has 0 aliphatic rings. The smallest absolute Gasteiger partial charge is 0.222 e. The predicted molar refractivity (Wildman–Crippen MR) is 72.7 cm³/mol. The molecular formula is C16H19FN2. The van der Waals surface area contributed by atoms with Crippen molar-refractivity contribution in [3.8, 4) is 12.1 Å². The van der Waals surface area contributed by atoms with Gasteiger partial charge in [0.15, 0.2) is 0 Å². The molecule has 0 saturated heterocycles. The second kappa shape index (κ2) is 7.54. The van der Waals surface area contributed by atoms with Crippen LogP contribution in [0.15, 0.2) is 30.3 Å². The molecule has 0 radical (unpaired) electrons. The molecular weight excluding hydrogens is 239 g/mol. The summed E-state index contributed by atoms with van der Waals surface area (Å²) in [5.41, 5.74) is -1.71. The number of alkyl halides is 1. The minimum atomic E-state index is -2.06. The van der Waals surface area contributed by atoms with Gasteiger partial charge in [-0.2, -0.15) is 10.5 Å². The van der Waals surface area contributed by atoms with Crippen molar-refractivity contribution < 1.29 is 4.39 Å². The quantitative estimate of drug-likeness (QED) is 0.677. The topological polar surface area (TPSA) is 47.6 Å². The van der Waals surface area contributed by atoms with Crippen LogP contribution in [0.4, 0.5) is 4.39 Å². The fourth-order valence-corrected chi connectivity index (χ4v) is 2.26. The number of hydrogen-bond acceptors (Lipinski definition) is 2. The summed E-state index contributed by atoms with van der Waals surface area (Å²) >= 11 is 0. The Kier molecular flexibility index (Phi) is 6.03. The van der Waals surface area contributed by atoms with Gasteiger partial charge in [-0.1, -0.05) is 56.5 Å². The summed E-state index contributed by atoms with van der Waals surface area (Å²) in [5.74, 6) is -0.559. The average molecular weight is 258 g/mol. The molecule has 0 heterocycles. The van der Waals surface area contributed by atoms with Crippen LogP contribution in [0.2, 0.25) is 0 Å². The summed E-state index contributed by atoms with van der Waals surface area (Å²) in [6.07, 6.45) is 3.53. The van der Waals surface area contributed by atoms with Crippen LogP contribution in [0.25, 0.3) is 0 Å². The van der Waals surface area contributed by atoms with Gasteiger partial charge in [-0.3, -0.25) is 0 Å². The molecule has 2 nitrogen and oxygen atoms in total. The lowest BCUT2D eigenvalue weighted by atomic mass is 9.79. The van der Waals surface area contributed by atoms with Gasteiger partial charge in [-0.15, -0.1) is 0 Å². The highest BCUT2D eigenvalue weighted by Gasteiger charge is 2.40. The highest BCUT2D eigenvalue weighted by atomic mass is 19.1. The number of hydrogen-bond donors (Lipinski definition) is 0. The Bertz CT molecular complexity index is 458. The number of rotatable bonds is 7. The number of unbranched alkanes of at least 4 members (excludes halogenated alkanes) is 2. The molecule has 3 heteroatoms. The summed E-state index contributed by atoms with van der Waals surface area (Å²) in [4.78, 5) is 0. The highest BCUT2D eigenvalue weighted by molar-refractivity contribution is 5.30. The van der Waals surface area contributed by atoms with Crippen LogP contribution < -0.4 is 0 Å². The van der Waals surface area contributed by atoms with Gasteiger partial charge in [-0.05, 0) is 6.42 Å². The van der Waals surface area contributed by atoms with Gasteiger partial charge in [0.25, 0.3) is 0 Å². The molecule has 100 valence electrons. The third-order valence-corrected chi connectivity index (χ3v) is 3.41. The van der Waals surface area contributed by atoms with Crippen LogP contribution in [0, 0.1) is 28.6 Å². The van der Waals surface area contributed by atoms with Crippen LogP contribution in [-0.4, -0.2) is 0 Å². The van der Waals surface area contributed by atoms with Crippen molar-refractivity contribution in [2.24, 2.45) is 5.92 Å². The summed E-state index contributed by atoms with van der Waals surface area (Å²) in [7, 11) is 0. The first-order chi connectivity index (χ1) is 9.19. The molecule has 0 aliphatic heterocycles. The van der Waals surface area contributed by atoms with Crippen LogP contribution in [0.1, 0.15) is 44.6 Å². The maximum absolute atomic E-state index is 15.0. The van der Waals surface area contributed by atoms with E-state index in [1.54, 1.807) is 36.4 Å². The van der Waals surface area contributed by atoms with E-state index in [1.807, 2.05) is 6.07 Å². The average Bonchev–Trinajstić information content (AvgIpc) is 2.46. The zero-order valence-corrected chi connectivity index (χ0v) is 11.3. The van der Waals surface area contributed by atoms with Gasteiger partial charge in [0.05, 0.1) is 6.07 Å². The van der Waals surface area contributed by atoms with E-state index in [-0.39, 0.29) is 6.42 Å². The standard InChI is InChI=1S/C16H19FN2/c1-2-3-5-8-15(11-12-18)16(17,13-19)14-9-6-4-7-10-14/h4,6-7,9-10,15H,2-3,5,8,11H2,1H3. The minimum Gasteiger partial charge on any atom is -0.222 e. The zero-order chi connectivity index (χ0) is 14.1. The van der Waals surface area contributed by atoms with Crippen molar-refractivity contribution in [1.29, 1.82) is 10.5 Å². The molecule has 0 saturated carbocycles. The molecule has 2 atom stereocenters. The maximum Gasteiger partial charge on any atom is 0.224 e. The number of nitrogens with zero attached hydrogens (tertiary/aromatic N) is 2. The van der Waals surface area contributed by atoms with Gasteiger partial charge in [0.1, 0.15) is 6.07 Å². The van der Waals surface area contributed by atoms with E-state index >= 15 is 4.39 Å². The van der Waals surface area contributed by atoms with Crippen molar-refractivity contribution in [3.63, 3.8) is 0 Å². The van der Waals surface area contributed by atoms with Gasteiger partial charge in [-0.25, -0.2) is 4.39 Å². The summed E-state index contributed by atoms with van der Waals surface area (Å²) in [6, 6.07) is 12.3. The molecule has 1 aromatic rings. The van der Waals surface area contributed by atoms with Crippen molar-refractivity contribution in [1.82, 2.24) is 0 Å². The van der Waals surface area contributed by atoms with Crippen molar-refractivity contribution in [2.45, 2.75) is 44.7 Å². The van der Waals surface area contributed by atoms with E-state index in [2.05, 4.69) is 6.92 Å². The normalized spacial score (nSPS) is 14.9. The molecule has 0 aliphatic carbocycles. The Morgan fingerprint density at radius 1 is 1.21 bits per heavy atom. The summed E-state index contributed by atoms with van der Waals surface area (Å²) in [5, 5.41) is 18.1. The summed E-state index contributed by atoms with van der Waals surface area (Å²) < 4.78 is 15.0. The molecule has 0 bridgehead atoms. The second-order valence-corrected chi connectivity index (χ2v) is 4.74. The SMILES string of the molecule is CCCCCC(CC#N)C(F)(C#N)c1ccccc1. The van der Waals surface area contributed by atoms with Crippen molar-refractivity contribution in [2.75, 3.05) is 0 Å². The minimum absolute atomic E-state index is 0.0721. The van der Waals surface area contributed by atoms with Crippen LogP contribution in [0.3, 0.4) is 0 Å². The molecule has 0 aromatic heterocycles. The zero-order valence-electron chi connectivity index (χ0n) is 11.3. The number of nitriles is 2. The first kappa shape index (κ1) is 15.2. The molecule has 0 spiro atoms. The summed E-state index contributed by atoms with van der Waals surface area (Å²) in [6.45, 7) is 2.07. The molecule has 1 aromatic carbocycles. The molecule has 1 rings (SSSR count). The van der Waals surface area contributed by atoms with Crippen LogP contribution in [-0.2, 0) is 5.67 Å². The number of halogens is 1. The van der Waals surface area contributed by atoms with Gasteiger partial charge < -0.3 is 0 Å². The van der Waals surface area contributed by atoms with Crippen molar-refractivity contribution in [3.05, 3.63) is 35.9 Å². The third-order valence-electron chi connectivity index (χ3n) is 3.41. The largest absolute Gasteiger partial charge is 0.224 e. The lowest BCUT2D eigenvalue weighted by Gasteiger charge is -2.26. The van der Waals surface area contributed by atoms with Gasteiger partial charge in [0.2, 0.25) is 5.67 Å². The van der Waals surface area contributed by atoms with Crippen LogP contribution in [0.5, 0.6) is 0 Å². The van der Waals surface area contributed by atoms with E-state index in [1.165, 1.54) is 0 Å². The van der Waals surface area contributed by atoms with E-state index in [0.717, 1.165) is 19.3 Å². The second-order valence-electron chi connectivity index (χ2n) is 4.74. The first-order valence-electron chi connectivity index (χ1n) is 6.71. The Hall–Kier alpha value is -1.87. The highest BCUT2D eigenvalue weighted by Crippen LogP contribution is 2.38. The number of benzene rings is 1. The monoisotopic (exact) mass is 258 g/mol. The molecule has 0 N–H and O–H groups in total. The fourth-order valence-electron chi connectivity index (χ4n) is 2.26. The third kappa shape index (κ3) is 3.80. The molecule has 2 unspecified atom stereocenters. The van der Waals surface area contributed by atoms with Gasteiger partial charge >= 0.3 is 0 Å². The Morgan fingerprint density at radius 3 is 2.42 bits per heavy atom. The van der Waals surface area contributed by atoms with E-state index in [4.69, 9.17) is 5.26 Å². The lowest BCUT2D eigenvalue weighted by Crippen LogP contribution is -2.29. The Morgan fingerprint density at radius 2 is 1.89 bits per heavy atom.